The van der Waals surface area contributed by atoms with Crippen LogP contribution in [0.2, 0.25) is 0 Å². The third kappa shape index (κ3) is 6.63. The van der Waals surface area contributed by atoms with Gasteiger partial charge in [-0.05, 0) is 37.9 Å². The van der Waals surface area contributed by atoms with Crippen molar-refractivity contribution < 1.29 is 9.13 Å². The van der Waals surface area contributed by atoms with Gasteiger partial charge in [-0.25, -0.2) is 4.39 Å². The Balaban J connectivity index is 0.00000392. The molecule has 7 heteroatoms. The summed E-state index contributed by atoms with van der Waals surface area (Å²) in [4.78, 5) is 8.54. The number of rotatable bonds is 7. The Morgan fingerprint density at radius 2 is 1.75 bits per heavy atom. The Hall–Kier alpha value is -1.87. The van der Waals surface area contributed by atoms with Crippen LogP contribution in [-0.2, 0) is 6.54 Å². The van der Waals surface area contributed by atoms with Gasteiger partial charge in [0.2, 0.25) is 0 Å². The van der Waals surface area contributed by atoms with Crippen LogP contribution in [0.4, 0.5) is 4.39 Å². The van der Waals surface area contributed by atoms with Crippen LogP contribution in [0.1, 0.15) is 17.2 Å². The number of methoxy groups -OCH3 is 1. The van der Waals surface area contributed by atoms with E-state index in [-0.39, 0.29) is 35.8 Å². The molecule has 0 saturated carbocycles. The Labute approximate surface area is 184 Å². The molecule has 0 heterocycles. The Bertz CT molecular complexity index is 752. The first-order valence-corrected chi connectivity index (χ1v) is 8.91. The molecule has 0 aromatic heterocycles. The molecule has 2 aromatic rings. The summed E-state index contributed by atoms with van der Waals surface area (Å²) in [5.74, 6) is 1.42. The highest BCUT2D eigenvalue weighted by molar-refractivity contribution is 14.0. The highest BCUT2D eigenvalue weighted by atomic mass is 127. The third-order valence-electron chi connectivity index (χ3n) is 4.48. The molecule has 0 radical (unpaired) electrons. The molecule has 2 aromatic carbocycles. The van der Waals surface area contributed by atoms with E-state index >= 15 is 0 Å². The van der Waals surface area contributed by atoms with Crippen molar-refractivity contribution in [3.8, 4) is 5.75 Å². The molecule has 1 unspecified atom stereocenters. The van der Waals surface area contributed by atoms with Gasteiger partial charge in [-0.1, -0.05) is 30.3 Å². The Morgan fingerprint density at radius 3 is 2.32 bits per heavy atom. The van der Waals surface area contributed by atoms with E-state index in [1.165, 1.54) is 12.1 Å². The largest absolute Gasteiger partial charge is 0.496 e. The summed E-state index contributed by atoms with van der Waals surface area (Å²) in [6.45, 7) is 1.31. The number of guanidine groups is 1. The van der Waals surface area contributed by atoms with Crippen molar-refractivity contribution in [2.45, 2.75) is 12.6 Å². The van der Waals surface area contributed by atoms with Crippen LogP contribution in [0, 0.1) is 5.82 Å². The van der Waals surface area contributed by atoms with Gasteiger partial charge in [0.05, 0.1) is 13.2 Å². The van der Waals surface area contributed by atoms with Crippen LogP contribution < -0.4 is 10.1 Å². The van der Waals surface area contributed by atoms with E-state index < -0.39 is 0 Å². The smallest absolute Gasteiger partial charge is 0.193 e. The lowest BCUT2D eigenvalue weighted by Crippen LogP contribution is -2.42. The normalized spacial score (nSPS) is 12.3. The minimum absolute atomic E-state index is 0. The maximum atomic E-state index is 13.1. The average molecular weight is 500 g/mol. The number of nitrogens with zero attached hydrogens (tertiary/aromatic N) is 3. The fourth-order valence-electron chi connectivity index (χ4n) is 3.02. The van der Waals surface area contributed by atoms with Crippen LogP contribution in [0.5, 0.6) is 5.75 Å². The quantitative estimate of drug-likeness (QED) is 0.357. The van der Waals surface area contributed by atoms with Gasteiger partial charge in [0.25, 0.3) is 0 Å². The lowest BCUT2D eigenvalue weighted by atomic mass is 10.0. The Kier molecular flexibility index (Phi) is 10.2. The van der Waals surface area contributed by atoms with E-state index in [4.69, 9.17) is 4.74 Å². The maximum Gasteiger partial charge on any atom is 0.193 e. The zero-order valence-corrected chi connectivity index (χ0v) is 19.5. The predicted octanol–water partition coefficient (Wildman–Crippen LogP) is 3.76. The minimum Gasteiger partial charge on any atom is -0.496 e. The fraction of sp³-hybridized carbons (Fsp3) is 0.381. The van der Waals surface area contributed by atoms with Gasteiger partial charge in [-0.2, -0.15) is 0 Å². The van der Waals surface area contributed by atoms with Crippen LogP contribution in [-0.4, -0.2) is 57.6 Å². The number of halogens is 2. The van der Waals surface area contributed by atoms with Crippen molar-refractivity contribution in [3.05, 3.63) is 65.5 Å². The zero-order chi connectivity index (χ0) is 19.8. The summed E-state index contributed by atoms with van der Waals surface area (Å²) in [5, 5.41) is 3.44. The standard InChI is InChI=1S/C21H29FN4O.HI/c1-23-21(26(4)15-16-10-12-17(22)13-11-16)24-14-19(25(2)3)18-8-6-7-9-20(18)27-5;/h6-13,19H,14-15H2,1-5H3,(H,23,24);1H. The molecule has 28 heavy (non-hydrogen) atoms. The first-order chi connectivity index (χ1) is 13.0. The molecule has 0 saturated heterocycles. The average Bonchev–Trinajstić information content (AvgIpc) is 2.66. The van der Waals surface area contributed by atoms with Gasteiger partial charge < -0.3 is 19.9 Å². The first kappa shape index (κ1) is 24.2. The summed E-state index contributed by atoms with van der Waals surface area (Å²) >= 11 is 0. The molecule has 154 valence electrons. The third-order valence-corrected chi connectivity index (χ3v) is 4.48. The number of ether oxygens (including phenoxy) is 1. The first-order valence-electron chi connectivity index (χ1n) is 8.91. The second-order valence-electron chi connectivity index (χ2n) is 6.63. The van der Waals surface area contributed by atoms with Crippen molar-refractivity contribution in [1.82, 2.24) is 15.1 Å². The highest BCUT2D eigenvalue weighted by Crippen LogP contribution is 2.27. The van der Waals surface area contributed by atoms with Gasteiger partial charge in [0, 0.05) is 32.7 Å². The molecule has 5 nitrogen and oxygen atoms in total. The number of aliphatic imine (C=N–C) groups is 1. The molecule has 0 aliphatic heterocycles. The number of likely N-dealkylation sites (N-methyl/N-ethyl adjacent to an activating group) is 1. The molecule has 0 spiro atoms. The molecule has 0 amide bonds. The van der Waals surface area contributed by atoms with E-state index in [0.717, 1.165) is 22.8 Å². The van der Waals surface area contributed by atoms with Crippen molar-refractivity contribution in [2.75, 3.05) is 41.8 Å². The van der Waals surface area contributed by atoms with E-state index in [0.29, 0.717) is 13.1 Å². The summed E-state index contributed by atoms with van der Waals surface area (Å²) < 4.78 is 18.6. The molecule has 1 N–H and O–H groups in total. The number of benzene rings is 2. The summed E-state index contributed by atoms with van der Waals surface area (Å²) in [6.07, 6.45) is 0. The zero-order valence-electron chi connectivity index (χ0n) is 17.1. The van der Waals surface area contributed by atoms with Crippen molar-refractivity contribution in [1.29, 1.82) is 0 Å². The van der Waals surface area contributed by atoms with Crippen LogP contribution in [0.15, 0.2) is 53.5 Å². The fourth-order valence-corrected chi connectivity index (χ4v) is 3.02. The van der Waals surface area contributed by atoms with Gasteiger partial charge in [-0.15, -0.1) is 24.0 Å². The highest BCUT2D eigenvalue weighted by Gasteiger charge is 2.19. The SMILES string of the molecule is CN=C(NCC(c1ccccc1OC)N(C)C)N(C)Cc1ccc(F)cc1.I. The molecule has 1 atom stereocenters. The second kappa shape index (κ2) is 11.9. The van der Waals surface area contributed by atoms with Gasteiger partial charge in [0.15, 0.2) is 5.96 Å². The molecular weight excluding hydrogens is 470 g/mol. The lowest BCUT2D eigenvalue weighted by molar-refractivity contribution is 0.285. The van der Waals surface area contributed by atoms with Gasteiger partial charge in [0.1, 0.15) is 11.6 Å². The molecule has 0 fully saturated rings. The number of para-hydroxylation sites is 1. The summed E-state index contributed by atoms with van der Waals surface area (Å²) in [5.41, 5.74) is 2.14. The molecule has 2 rings (SSSR count). The maximum absolute atomic E-state index is 13.1. The van der Waals surface area contributed by atoms with Gasteiger partial charge in [-0.3, -0.25) is 4.99 Å². The molecule has 0 aliphatic rings. The van der Waals surface area contributed by atoms with Gasteiger partial charge >= 0.3 is 0 Å². The number of hydrogen-bond acceptors (Lipinski definition) is 3. The topological polar surface area (TPSA) is 40.1 Å². The predicted molar refractivity (Wildman–Crippen MR) is 124 cm³/mol. The molecular formula is C21H30FIN4O. The second-order valence-corrected chi connectivity index (χ2v) is 6.63. The summed E-state index contributed by atoms with van der Waals surface area (Å²) in [6, 6.07) is 14.7. The molecule has 0 bridgehead atoms. The Morgan fingerprint density at radius 1 is 1.11 bits per heavy atom. The number of hydrogen-bond donors (Lipinski definition) is 1. The van der Waals surface area contributed by atoms with Crippen LogP contribution in [0.25, 0.3) is 0 Å². The van der Waals surface area contributed by atoms with E-state index in [9.17, 15) is 4.39 Å². The van der Waals surface area contributed by atoms with E-state index in [2.05, 4.69) is 21.3 Å². The monoisotopic (exact) mass is 500 g/mol. The van der Waals surface area contributed by atoms with Crippen LogP contribution >= 0.6 is 24.0 Å². The van der Waals surface area contributed by atoms with Crippen molar-refractivity contribution in [2.24, 2.45) is 4.99 Å². The minimum atomic E-state index is -0.227. The van der Waals surface area contributed by atoms with Crippen LogP contribution in [0.3, 0.4) is 0 Å². The number of nitrogens with one attached hydrogen (secondary N) is 1. The van der Waals surface area contributed by atoms with E-state index in [1.807, 2.05) is 44.2 Å². The summed E-state index contributed by atoms with van der Waals surface area (Å²) in [7, 11) is 9.51. The van der Waals surface area contributed by atoms with Crippen molar-refractivity contribution >= 4 is 29.9 Å². The molecule has 0 aliphatic carbocycles. The van der Waals surface area contributed by atoms with E-state index in [1.54, 1.807) is 26.3 Å². The lowest BCUT2D eigenvalue weighted by Gasteiger charge is -2.29. The van der Waals surface area contributed by atoms with Crippen molar-refractivity contribution in [3.63, 3.8) is 0 Å².